The monoisotopic (exact) mass is 255 g/mol. The number of aromatic nitrogens is 1. The van der Waals surface area contributed by atoms with E-state index in [4.69, 9.17) is 0 Å². The fourth-order valence-electron chi connectivity index (χ4n) is 2.09. The molecule has 2 rings (SSSR count). The van der Waals surface area contributed by atoms with Gasteiger partial charge in [-0.25, -0.2) is 0 Å². The second-order valence-corrected chi connectivity index (χ2v) is 4.70. The summed E-state index contributed by atoms with van der Waals surface area (Å²) in [5.74, 6) is -1.23. The van der Waals surface area contributed by atoms with Crippen LogP contribution in [-0.2, 0) is 11.2 Å². The van der Waals surface area contributed by atoms with Crippen molar-refractivity contribution in [1.29, 1.82) is 0 Å². The van der Waals surface area contributed by atoms with Gasteiger partial charge in [-0.2, -0.15) is 0 Å². The van der Waals surface area contributed by atoms with Crippen molar-refractivity contribution in [2.45, 2.75) is 25.7 Å². The van der Waals surface area contributed by atoms with Gasteiger partial charge < -0.3 is 5.11 Å². The normalized spacial score (nSPS) is 12.1. The maximum Gasteiger partial charge on any atom is 0.310 e. The Labute approximate surface area is 112 Å². The van der Waals surface area contributed by atoms with Gasteiger partial charge in [0.15, 0.2) is 0 Å². The lowest BCUT2D eigenvalue weighted by atomic mass is 9.92. The molecule has 1 aromatic carbocycles. The molecule has 1 atom stereocenters. The molecule has 0 aliphatic heterocycles. The van der Waals surface area contributed by atoms with E-state index in [2.05, 4.69) is 4.98 Å². The van der Waals surface area contributed by atoms with E-state index < -0.39 is 11.9 Å². The van der Waals surface area contributed by atoms with Crippen molar-refractivity contribution in [3.8, 4) is 0 Å². The molecule has 0 radical (unpaired) electrons. The van der Waals surface area contributed by atoms with Crippen LogP contribution in [0.1, 0.15) is 29.0 Å². The first-order valence-electron chi connectivity index (χ1n) is 6.35. The summed E-state index contributed by atoms with van der Waals surface area (Å²) in [5.41, 5.74) is 3.07. The van der Waals surface area contributed by atoms with E-state index in [1.807, 2.05) is 43.3 Å². The predicted octanol–water partition coefficient (Wildman–Crippen LogP) is 3.19. The first kappa shape index (κ1) is 13.3. The van der Waals surface area contributed by atoms with Gasteiger partial charge in [-0.3, -0.25) is 9.78 Å². The van der Waals surface area contributed by atoms with Crippen molar-refractivity contribution >= 4 is 5.97 Å². The van der Waals surface area contributed by atoms with E-state index in [0.29, 0.717) is 6.42 Å². The van der Waals surface area contributed by atoms with Crippen molar-refractivity contribution in [3.63, 3.8) is 0 Å². The zero-order chi connectivity index (χ0) is 13.7. The molecule has 19 heavy (non-hydrogen) atoms. The highest BCUT2D eigenvalue weighted by Crippen LogP contribution is 2.22. The number of carboxylic acids is 1. The molecule has 1 heterocycles. The zero-order valence-corrected chi connectivity index (χ0v) is 10.9. The van der Waals surface area contributed by atoms with E-state index >= 15 is 0 Å². The highest BCUT2D eigenvalue weighted by molar-refractivity contribution is 5.76. The maximum absolute atomic E-state index is 11.4. The molecule has 2 aromatic rings. The van der Waals surface area contributed by atoms with Crippen molar-refractivity contribution in [2.75, 3.05) is 0 Å². The standard InChI is InChI=1S/C16H17NO2/c1-12-4-7-14(8-5-12)15(16(18)19)9-6-13-3-2-10-17-11-13/h2-5,7-8,10-11,15H,6,9H2,1H3,(H,18,19). The van der Waals surface area contributed by atoms with Crippen LogP contribution in [0.15, 0.2) is 48.8 Å². The smallest absolute Gasteiger partial charge is 0.310 e. The Bertz CT molecular complexity index is 534. The first-order valence-corrected chi connectivity index (χ1v) is 6.35. The van der Waals surface area contributed by atoms with E-state index in [-0.39, 0.29) is 0 Å². The zero-order valence-electron chi connectivity index (χ0n) is 10.9. The van der Waals surface area contributed by atoms with Gasteiger partial charge >= 0.3 is 5.97 Å². The highest BCUT2D eigenvalue weighted by atomic mass is 16.4. The number of rotatable bonds is 5. The minimum Gasteiger partial charge on any atom is -0.481 e. The Balaban J connectivity index is 2.09. The molecule has 0 bridgehead atoms. The van der Waals surface area contributed by atoms with E-state index in [9.17, 15) is 9.90 Å². The molecule has 0 aliphatic rings. The van der Waals surface area contributed by atoms with Crippen LogP contribution in [0, 0.1) is 6.92 Å². The van der Waals surface area contributed by atoms with Crippen LogP contribution in [-0.4, -0.2) is 16.1 Å². The molecule has 0 saturated carbocycles. The summed E-state index contributed by atoms with van der Waals surface area (Å²) < 4.78 is 0. The number of benzene rings is 1. The molecule has 0 spiro atoms. The number of pyridine rings is 1. The van der Waals surface area contributed by atoms with Crippen LogP contribution < -0.4 is 0 Å². The van der Waals surface area contributed by atoms with Crippen molar-refractivity contribution in [1.82, 2.24) is 4.98 Å². The lowest BCUT2D eigenvalue weighted by Gasteiger charge is -2.13. The third kappa shape index (κ3) is 3.65. The Morgan fingerprint density at radius 3 is 2.58 bits per heavy atom. The molecular formula is C16H17NO2. The molecule has 0 saturated heterocycles. The number of hydrogen-bond acceptors (Lipinski definition) is 2. The van der Waals surface area contributed by atoms with Crippen LogP contribution >= 0.6 is 0 Å². The highest BCUT2D eigenvalue weighted by Gasteiger charge is 2.19. The topological polar surface area (TPSA) is 50.2 Å². The SMILES string of the molecule is Cc1ccc(C(CCc2cccnc2)C(=O)O)cc1. The van der Waals surface area contributed by atoms with Gasteiger partial charge in [0.05, 0.1) is 5.92 Å². The molecule has 98 valence electrons. The van der Waals surface area contributed by atoms with Gasteiger partial charge in [0.1, 0.15) is 0 Å². The molecule has 3 nitrogen and oxygen atoms in total. The third-order valence-electron chi connectivity index (χ3n) is 3.22. The minimum absolute atomic E-state index is 0.458. The largest absolute Gasteiger partial charge is 0.481 e. The molecule has 1 aromatic heterocycles. The summed E-state index contributed by atoms with van der Waals surface area (Å²) in [7, 11) is 0. The average Bonchev–Trinajstić information content (AvgIpc) is 2.42. The summed E-state index contributed by atoms with van der Waals surface area (Å²) >= 11 is 0. The molecule has 0 amide bonds. The summed E-state index contributed by atoms with van der Waals surface area (Å²) in [6.45, 7) is 2.00. The Morgan fingerprint density at radius 1 is 1.26 bits per heavy atom. The minimum atomic E-state index is -0.771. The maximum atomic E-state index is 11.4. The predicted molar refractivity (Wildman–Crippen MR) is 74.1 cm³/mol. The van der Waals surface area contributed by atoms with Gasteiger partial charge in [-0.1, -0.05) is 35.9 Å². The van der Waals surface area contributed by atoms with Gasteiger partial charge in [-0.15, -0.1) is 0 Å². The second kappa shape index (κ2) is 6.14. The summed E-state index contributed by atoms with van der Waals surface area (Å²) in [4.78, 5) is 15.4. The van der Waals surface area contributed by atoms with Gasteiger partial charge in [-0.05, 0) is 37.0 Å². The van der Waals surface area contributed by atoms with Crippen molar-refractivity contribution < 1.29 is 9.90 Å². The number of aliphatic carboxylic acids is 1. The lowest BCUT2D eigenvalue weighted by Crippen LogP contribution is -2.12. The lowest BCUT2D eigenvalue weighted by molar-refractivity contribution is -0.138. The Hall–Kier alpha value is -2.16. The van der Waals surface area contributed by atoms with Crippen LogP contribution in [0.5, 0.6) is 0 Å². The van der Waals surface area contributed by atoms with Crippen LogP contribution in [0.3, 0.4) is 0 Å². The summed E-state index contributed by atoms with van der Waals surface area (Å²) in [6, 6.07) is 11.6. The quantitative estimate of drug-likeness (QED) is 0.892. The fraction of sp³-hybridized carbons (Fsp3) is 0.250. The van der Waals surface area contributed by atoms with E-state index in [1.165, 1.54) is 0 Å². The molecular weight excluding hydrogens is 238 g/mol. The van der Waals surface area contributed by atoms with Gasteiger partial charge in [0.2, 0.25) is 0 Å². The molecule has 0 fully saturated rings. The summed E-state index contributed by atoms with van der Waals surface area (Å²) in [6.07, 6.45) is 4.81. The first-order chi connectivity index (χ1) is 9.16. The van der Waals surface area contributed by atoms with Crippen LogP contribution in [0.4, 0.5) is 0 Å². The molecule has 1 N–H and O–H groups in total. The Kier molecular flexibility index (Phi) is 4.29. The van der Waals surface area contributed by atoms with E-state index in [0.717, 1.165) is 23.1 Å². The number of nitrogens with zero attached hydrogens (tertiary/aromatic N) is 1. The van der Waals surface area contributed by atoms with Gasteiger partial charge in [0.25, 0.3) is 0 Å². The summed E-state index contributed by atoms with van der Waals surface area (Å²) in [5, 5.41) is 9.36. The van der Waals surface area contributed by atoms with Crippen molar-refractivity contribution in [3.05, 3.63) is 65.5 Å². The number of carbonyl (C=O) groups is 1. The van der Waals surface area contributed by atoms with Crippen molar-refractivity contribution in [2.24, 2.45) is 0 Å². The van der Waals surface area contributed by atoms with Gasteiger partial charge in [0, 0.05) is 12.4 Å². The van der Waals surface area contributed by atoms with Crippen LogP contribution in [0.25, 0.3) is 0 Å². The average molecular weight is 255 g/mol. The number of carboxylic acid groups (broad SMARTS) is 1. The molecule has 1 unspecified atom stereocenters. The van der Waals surface area contributed by atoms with E-state index in [1.54, 1.807) is 12.4 Å². The molecule has 3 heteroatoms. The Morgan fingerprint density at radius 2 is 2.00 bits per heavy atom. The number of aryl methyl sites for hydroxylation is 2. The third-order valence-corrected chi connectivity index (χ3v) is 3.22. The second-order valence-electron chi connectivity index (χ2n) is 4.70. The number of hydrogen-bond donors (Lipinski definition) is 1. The fourth-order valence-corrected chi connectivity index (χ4v) is 2.09. The van der Waals surface area contributed by atoms with Crippen LogP contribution in [0.2, 0.25) is 0 Å². The molecule has 0 aliphatic carbocycles.